The minimum absolute atomic E-state index is 0.0507. The van der Waals surface area contributed by atoms with Crippen LogP contribution in [0.25, 0.3) is 0 Å². The zero-order chi connectivity index (χ0) is 20.7. The highest BCUT2D eigenvalue weighted by molar-refractivity contribution is 6.42. The minimum Gasteiger partial charge on any atom is -0.351 e. The lowest BCUT2D eigenvalue weighted by Gasteiger charge is -2.46. The Bertz CT molecular complexity index is 763. The Morgan fingerprint density at radius 3 is 2.36 bits per heavy atom. The number of hydrogen-bond acceptors (Lipinski definition) is 3. The highest BCUT2D eigenvalue weighted by Gasteiger charge is 2.40. The lowest BCUT2D eigenvalue weighted by Crippen LogP contribution is -2.63. The molecule has 0 radical (unpaired) electrons. The third-order valence-electron chi connectivity index (χ3n) is 5.52. The first-order valence-electron chi connectivity index (χ1n) is 9.83. The van der Waals surface area contributed by atoms with Crippen LogP contribution in [0.2, 0.25) is 10.0 Å². The molecule has 154 valence electrons. The van der Waals surface area contributed by atoms with Gasteiger partial charge in [-0.05, 0) is 71.6 Å². The van der Waals surface area contributed by atoms with Crippen LogP contribution in [0.4, 0.5) is 0 Å². The predicted octanol–water partition coefficient (Wildman–Crippen LogP) is 4.02. The van der Waals surface area contributed by atoms with Gasteiger partial charge in [0, 0.05) is 29.2 Å². The number of benzene rings is 1. The molecule has 2 amide bonds. The molecule has 0 aromatic heterocycles. The van der Waals surface area contributed by atoms with Crippen LogP contribution in [0, 0.1) is 0 Å². The van der Waals surface area contributed by atoms with Crippen molar-refractivity contribution in [2.24, 2.45) is 0 Å². The summed E-state index contributed by atoms with van der Waals surface area (Å²) in [7, 11) is 0. The van der Waals surface area contributed by atoms with Crippen molar-refractivity contribution >= 4 is 35.0 Å². The molecule has 2 saturated heterocycles. The summed E-state index contributed by atoms with van der Waals surface area (Å²) in [5, 5.41) is 7.58. The molecule has 2 aliphatic heterocycles. The summed E-state index contributed by atoms with van der Waals surface area (Å²) in [6.45, 7) is 9.19. The average molecular weight is 426 g/mol. The number of carbonyl (C=O) groups is 2. The number of amides is 2. The Labute approximate surface area is 177 Å². The molecule has 1 aromatic carbocycles. The lowest BCUT2D eigenvalue weighted by atomic mass is 9.79. The molecule has 0 saturated carbocycles. The maximum atomic E-state index is 13.0. The molecule has 3 rings (SSSR count). The summed E-state index contributed by atoms with van der Waals surface area (Å²) in [5.74, 6) is -0.244. The first-order valence-corrected chi connectivity index (χ1v) is 10.6. The predicted molar refractivity (Wildman–Crippen MR) is 113 cm³/mol. The first-order chi connectivity index (χ1) is 13.0. The molecule has 0 spiro atoms. The van der Waals surface area contributed by atoms with E-state index in [1.807, 2.05) is 0 Å². The van der Waals surface area contributed by atoms with Crippen molar-refractivity contribution in [3.8, 4) is 0 Å². The molecule has 28 heavy (non-hydrogen) atoms. The standard InChI is InChI=1S/C21H29Cl2N3O2/c1-20(2)11-14(12-21(3,4)25-20)24-18(27)17-6-5-9-26(17)19(28)13-7-8-15(22)16(23)10-13/h7-8,10,14,17,25H,5-6,9,11-12H2,1-4H3,(H,24,27). The van der Waals surface area contributed by atoms with Crippen LogP contribution in [-0.2, 0) is 4.79 Å². The minimum atomic E-state index is -0.442. The van der Waals surface area contributed by atoms with Gasteiger partial charge in [0.25, 0.3) is 5.91 Å². The molecule has 2 fully saturated rings. The Morgan fingerprint density at radius 2 is 1.75 bits per heavy atom. The highest BCUT2D eigenvalue weighted by Crippen LogP contribution is 2.30. The van der Waals surface area contributed by atoms with Gasteiger partial charge in [-0.15, -0.1) is 0 Å². The van der Waals surface area contributed by atoms with Gasteiger partial charge in [-0.1, -0.05) is 23.2 Å². The number of hydrogen-bond donors (Lipinski definition) is 2. The molecular formula is C21H29Cl2N3O2. The number of piperidine rings is 1. The van der Waals surface area contributed by atoms with Crippen molar-refractivity contribution in [3.63, 3.8) is 0 Å². The Morgan fingerprint density at radius 1 is 1.11 bits per heavy atom. The maximum Gasteiger partial charge on any atom is 0.254 e. The molecule has 2 aliphatic rings. The van der Waals surface area contributed by atoms with E-state index in [0.29, 0.717) is 28.6 Å². The molecule has 1 atom stereocenters. The summed E-state index contributed by atoms with van der Waals surface area (Å²) in [5.41, 5.74) is 0.355. The van der Waals surface area contributed by atoms with Crippen LogP contribution in [-0.4, -0.2) is 46.4 Å². The molecule has 1 aromatic rings. The Balaban J connectivity index is 1.70. The molecule has 2 N–H and O–H groups in total. The Hall–Kier alpha value is -1.30. The smallest absolute Gasteiger partial charge is 0.254 e. The van der Waals surface area contributed by atoms with Gasteiger partial charge in [0.05, 0.1) is 10.0 Å². The van der Waals surface area contributed by atoms with E-state index in [-0.39, 0.29) is 28.9 Å². The quantitative estimate of drug-likeness (QED) is 0.768. The van der Waals surface area contributed by atoms with Gasteiger partial charge in [-0.2, -0.15) is 0 Å². The SMILES string of the molecule is CC1(C)CC(NC(=O)C2CCCN2C(=O)c2ccc(Cl)c(Cl)c2)CC(C)(C)N1. The van der Waals surface area contributed by atoms with Crippen molar-refractivity contribution in [2.45, 2.75) is 76.5 Å². The lowest BCUT2D eigenvalue weighted by molar-refractivity contribution is -0.126. The molecule has 5 nitrogen and oxygen atoms in total. The van der Waals surface area contributed by atoms with Crippen molar-refractivity contribution in [1.82, 2.24) is 15.5 Å². The second-order valence-corrected chi connectivity index (χ2v) is 10.1. The second kappa shape index (κ2) is 7.85. The van der Waals surface area contributed by atoms with Gasteiger partial charge in [0.1, 0.15) is 6.04 Å². The fourth-order valence-corrected chi connectivity index (χ4v) is 5.10. The van der Waals surface area contributed by atoms with Gasteiger partial charge in [-0.3, -0.25) is 9.59 Å². The number of likely N-dealkylation sites (tertiary alicyclic amines) is 1. The highest BCUT2D eigenvalue weighted by atomic mass is 35.5. The fourth-order valence-electron chi connectivity index (χ4n) is 4.80. The van der Waals surface area contributed by atoms with E-state index < -0.39 is 6.04 Å². The van der Waals surface area contributed by atoms with Crippen LogP contribution in [0.1, 0.15) is 63.7 Å². The van der Waals surface area contributed by atoms with Crippen LogP contribution in [0.3, 0.4) is 0 Å². The van der Waals surface area contributed by atoms with Gasteiger partial charge >= 0.3 is 0 Å². The zero-order valence-corrected chi connectivity index (χ0v) is 18.5. The van der Waals surface area contributed by atoms with E-state index in [0.717, 1.165) is 19.3 Å². The maximum absolute atomic E-state index is 13.0. The van der Waals surface area contributed by atoms with E-state index in [4.69, 9.17) is 23.2 Å². The zero-order valence-electron chi connectivity index (χ0n) is 16.9. The van der Waals surface area contributed by atoms with Gasteiger partial charge in [0.15, 0.2) is 0 Å². The molecule has 0 bridgehead atoms. The fraction of sp³-hybridized carbons (Fsp3) is 0.619. The molecule has 1 unspecified atom stereocenters. The van der Waals surface area contributed by atoms with Gasteiger partial charge < -0.3 is 15.5 Å². The third kappa shape index (κ3) is 4.81. The molecule has 7 heteroatoms. The van der Waals surface area contributed by atoms with E-state index in [9.17, 15) is 9.59 Å². The molecule has 0 aliphatic carbocycles. The number of nitrogens with zero attached hydrogens (tertiary/aromatic N) is 1. The van der Waals surface area contributed by atoms with E-state index >= 15 is 0 Å². The van der Waals surface area contributed by atoms with Crippen molar-refractivity contribution in [3.05, 3.63) is 33.8 Å². The number of rotatable bonds is 3. The number of halogens is 2. The van der Waals surface area contributed by atoms with Crippen LogP contribution >= 0.6 is 23.2 Å². The van der Waals surface area contributed by atoms with Crippen LogP contribution in [0.15, 0.2) is 18.2 Å². The van der Waals surface area contributed by atoms with E-state index in [1.165, 1.54) is 0 Å². The summed E-state index contributed by atoms with van der Waals surface area (Å²) in [6, 6.07) is 4.48. The number of nitrogens with one attached hydrogen (secondary N) is 2. The van der Waals surface area contributed by atoms with Crippen LogP contribution in [0.5, 0.6) is 0 Å². The van der Waals surface area contributed by atoms with Gasteiger partial charge in [0.2, 0.25) is 5.91 Å². The third-order valence-corrected chi connectivity index (χ3v) is 6.26. The summed E-state index contributed by atoms with van der Waals surface area (Å²) in [4.78, 5) is 27.6. The molecule has 2 heterocycles. The number of carbonyl (C=O) groups excluding carboxylic acids is 2. The topological polar surface area (TPSA) is 61.4 Å². The largest absolute Gasteiger partial charge is 0.351 e. The van der Waals surface area contributed by atoms with Crippen molar-refractivity contribution < 1.29 is 9.59 Å². The molecular weight excluding hydrogens is 397 g/mol. The first kappa shape index (κ1) is 21.4. The van der Waals surface area contributed by atoms with Crippen molar-refractivity contribution in [1.29, 1.82) is 0 Å². The van der Waals surface area contributed by atoms with Crippen LogP contribution < -0.4 is 10.6 Å². The van der Waals surface area contributed by atoms with E-state index in [2.05, 4.69) is 38.3 Å². The summed E-state index contributed by atoms with van der Waals surface area (Å²) >= 11 is 12.0. The summed E-state index contributed by atoms with van der Waals surface area (Å²) < 4.78 is 0. The Kier molecular flexibility index (Phi) is 6.00. The van der Waals surface area contributed by atoms with Crippen molar-refractivity contribution in [2.75, 3.05) is 6.54 Å². The monoisotopic (exact) mass is 425 g/mol. The summed E-state index contributed by atoms with van der Waals surface area (Å²) in [6.07, 6.45) is 3.20. The average Bonchev–Trinajstić information content (AvgIpc) is 3.03. The van der Waals surface area contributed by atoms with Gasteiger partial charge in [-0.25, -0.2) is 0 Å². The van der Waals surface area contributed by atoms with E-state index in [1.54, 1.807) is 23.1 Å². The normalized spacial score (nSPS) is 24.2. The second-order valence-electron chi connectivity index (χ2n) is 9.29.